The lowest BCUT2D eigenvalue weighted by molar-refractivity contribution is -0.0218. The van der Waals surface area contributed by atoms with Gasteiger partial charge in [0.1, 0.15) is 0 Å². The van der Waals surface area contributed by atoms with Gasteiger partial charge in [-0.15, -0.1) is 0 Å². The molecule has 4 heteroatoms. The van der Waals surface area contributed by atoms with Crippen LogP contribution in [0.15, 0.2) is 66.7 Å². The lowest BCUT2D eigenvalue weighted by Crippen LogP contribution is -2.46. The Morgan fingerprint density at radius 3 is 2.47 bits per heavy atom. The Kier molecular flexibility index (Phi) is 7.27. The van der Waals surface area contributed by atoms with E-state index in [1.54, 1.807) is 0 Å². The number of nitrogens with one attached hydrogen (secondary N) is 1. The summed E-state index contributed by atoms with van der Waals surface area (Å²) in [6.07, 6.45) is 2.50. The van der Waals surface area contributed by atoms with Gasteiger partial charge in [0.25, 0.3) is 0 Å². The molecule has 1 saturated carbocycles. The Labute approximate surface area is 191 Å². The third-order valence-electron chi connectivity index (χ3n) is 6.33. The van der Waals surface area contributed by atoms with Gasteiger partial charge < -0.3 is 20.3 Å². The molecule has 4 nitrogen and oxygen atoms in total. The third-order valence-corrected chi connectivity index (χ3v) is 6.33. The first-order valence-corrected chi connectivity index (χ1v) is 11.7. The number of rotatable bonds is 11. The van der Waals surface area contributed by atoms with Crippen molar-refractivity contribution in [1.82, 2.24) is 5.32 Å². The zero-order valence-corrected chi connectivity index (χ0v) is 19.1. The SMILES string of the molecule is CC(C)(Cc1ccc2ccccc2c1)NC[C@@H](O)COC(c1ccccc1CO)C1CC1. The van der Waals surface area contributed by atoms with Gasteiger partial charge >= 0.3 is 0 Å². The van der Waals surface area contributed by atoms with Gasteiger partial charge in [-0.2, -0.15) is 0 Å². The van der Waals surface area contributed by atoms with Crippen molar-refractivity contribution < 1.29 is 14.9 Å². The van der Waals surface area contributed by atoms with E-state index in [4.69, 9.17) is 4.74 Å². The zero-order chi connectivity index (χ0) is 22.6. The molecule has 0 aromatic heterocycles. The second-order valence-electron chi connectivity index (χ2n) is 9.73. The van der Waals surface area contributed by atoms with Crippen LogP contribution >= 0.6 is 0 Å². The van der Waals surface area contributed by atoms with Crippen molar-refractivity contribution in [2.75, 3.05) is 13.2 Å². The van der Waals surface area contributed by atoms with Crippen LogP contribution in [0.2, 0.25) is 0 Å². The average molecular weight is 434 g/mol. The predicted octanol–water partition coefficient (Wildman–Crippen LogP) is 4.77. The molecule has 0 heterocycles. The highest BCUT2D eigenvalue weighted by Crippen LogP contribution is 2.44. The molecule has 0 saturated heterocycles. The van der Waals surface area contributed by atoms with Crippen LogP contribution in [-0.4, -0.2) is 35.0 Å². The van der Waals surface area contributed by atoms with Crippen molar-refractivity contribution in [3.8, 4) is 0 Å². The minimum atomic E-state index is -0.589. The van der Waals surface area contributed by atoms with Crippen molar-refractivity contribution in [2.24, 2.45) is 5.92 Å². The van der Waals surface area contributed by atoms with E-state index in [-0.39, 0.29) is 24.9 Å². The Hall–Kier alpha value is -2.24. The number of aliphatic hydroxyl groups excluding tert-OH is 2. The highest BCUT2D eigenvalue weighted by molar-refractivity contribution is 5.83. The molecule has 3 N–H and O–H groups in total. The molecule has 2 atom stereocenters. The van der Waals surface area contributed by atoms with Gasteiger partial charge in [0, 0.05) is 12.1 Å². The summed E-state index contributed by atoms with van der Waals surface area (Å²) in [5.41, 5.74) is 3.09. The van der Waals surface area contributed by atoms with Gasteiger partial charge in [0.05, 0.1) is 25.4 Å². The molecule has 0 radical (unpaired) electrons. The molecule has 1 unspecified atom stereocenters. The first-order valence-electron chi connectivity index (χ1n) is 11.7. The largest absolute Gasteiger partial charge is 0.392 e. The van der Waals surface area contributed by atoms with Gasteiger partial charge in [-0.05, 0) is 66.5 Å². The maximum Gasteiger partial charge on any atom is 0.0898 e. The van der Waals surface area contributed by atoms with Crippen LogP contribution in [0.3, 0.4) is 0 Å². The fourth-order valence-corrected chi connectivity index (χ4v) is 4.42. The van der Waals surface area contributed by atoms with Crippen LogP contribution in [0.5, 0.6) is 0 Å². The molecule has 1 aliphatic carbocycles. The second-order valence-corrected chi connectivity index (χ2v) is 9.73. The fourth-order valence-electron chi connectivity index (χ4n) is 4.42. The summed E-state index contributed by atoms with van der Waals surface area (Å²) >= 11 is 0. The number of benzene rings is 3. The van der Waals surface area contributed by atoms with Gasteiger partial charge in [0.2, 0.25) is 0 Å². The Balaban J connectivity index is 1.30. The number of fused-ring (bicyclic) bond motifs is 1. The lowest BCUT2D eigenvalue weighted by Gasteiger charge is -2.29. The molecule has 3 aromatic carbocycles. The topological polar surface area (TPSA) is 61.7 Å². The molecule has 1 aliphatic rings. The smallest absolute Gasteiger partial charge is 0.0898 e. The lowest BCUT2D eigenvalue weighted by atomic mass is 9.93. The predicted molar refractivity (Wildman–Crippen MR) is 130 cm³/mol. The summed E-state index contributed by atoms with van der Waals surface area (Å²) in [6, 6.07) is 22.9. The van der Waals surface area contributed by atoms with Crippen LogP contribution in [0.4, 0.5) is 0 Å². The normalized spacial score (nSPS) is 16.2. The van der Waals surface area contributed by atoms with E-state index >= 15 is 0 Å². The van der Waals surface area contributed by atoms with Crippen LogP contribution < -0.4 is 5.32 Å². The third kappa shape index (κ3) is 5.96. The van der Waals surface area contributed by atoms with Crippen molar-refractivity contribution in [3.63, 3.8) is 0 Å². The molecule has 3 aromatic rings. The number of hydrogen-bond donors (Lipinski definition) is 3. The number of β-amino-alcohol motifs (C(OH)–C–C–N with tert-alkyl or cyclic N) is 1. The van der Waals surface area contributed by atoms with E-state index in [1.807, 2.05) is 24.3 Å². The van der Waals surface area contributed by atoms with Crippen molar-refractivity contribution in [2.45, 2.75) is 57.5 Å². The molecule has 1 fully saturated rings. The van der Waals surface area contributed by atoms with Crippen LogP contribution in [0.25, 0.3) is 10.8 Å². The molecule has 0 bridgehead atoms. The summed E-state index contributed by atoms with van der Waals surface area (Å²) in [4.78, 5) is 0. The minimum Gasteiger partial charge on any atom is -0.392 e. The molecule has 0 amide bonds. The van der Waals surface area contributed by atoms with E-state index in [1.165, 1.54) is 16.3 Å². The molecular formula is C28H35NO3. The Bertz CT molecular complexity index is 1030. The quantitative estimate of drug-likeness (QED) is 0.408. The van der Waals surface area contributed by atoms with Gasteiger partial charge in [0.15, 0.2) is 0 Å². The number of ether oxygens (including phenoxy) is 1. The monoisotopic (exact) mass is 433 g/mol. The van der Waals surface area contributed by atoms with Crippen molar-refractivity contribution in [3.05, 3.63) is 83.4 Å². The highest BCUT2D eigenvalue weighted by atomic mass is 16.5. The number of aliphatic hydroxyl groups is 2. The van der Waals surface area contributed by atoms with E-state index in [2.05, 4.69) is 61.6 Å². The Morgan fingerprint density at radius 1 is 1.00 bits per heavy atom. The minimum absolute atomic E-state index is 0.00975. The first-order chi connectivity index (χ1) is 15.4. The van der Waals surface area contributed by atoms with E-state index in [9.17, 15) is 10.2 Å². The van der Waals surface area contributed by atoms with E-state index < -0.39 is 6.10 Å². The molecular weight excluding hydrogens is 398 g/mol. The summed E-state index contributed by atoms with van der Waals surface area (Å²) in [7, 11) is 0. The average Bonchev–Trinajstić information content (AvgIpc) is 3.63. The molecule has 170 valence electrons. The second kappa shape index (κ2) is 10.1. The zero-order valence-electron chi connectivity index (χ0n) is 19.1. The highest BCUT2D eigenvalue weighted by Gasteiger charge is 2.34. The van der Waals surface area contributed by atoms with E-state index in [0.717, 1.165) is 30.4 Å². The summed E-state index contributed by atoms with van der Waals surface area (Å²) in [6.45, 7) is 5.09. The van der Waals surface area contributed by atoms with Gasteiger partial charge in [-0.25, -0.2) is 0 Å². The summed E-state index contributed by atoms with van der Waals surface area (Å²) in [5, 5.41) is 26.3. The van der Waals surface area contributed by atoms with Crippen LogP contribution in [-0.2, 0) is 17.8 Å². The fraction of sp³-hybridized carbons (Fsp3) is 0.429. The standard InChI is InChI=1S/C28H35NO3/c1-28(2,16-20-11-12-21-7-3-4-8-23(21)15-20)29-17-25(31)19-32-27(22-13-14-22)26-10-6-5-9-24(26)18-30/h3-12,15,22,25,27,29-31H,13-14,16-19H2,1-2H3/t25-,27?/m1/s1. The van der Waals surface area contributed by atoms with Gasteiger partial charge in [-0.1, -0.05) is 66.7 Å². The van der Waals surface area contributed by atoms with Crippen molar-refractivity contribution >= 4 is 10.8 Å². The molecule has 32 heavy (non-hydrogen) atoms. The van der Waals surface area contributed by atoms with Gasteiger partial charge in [-0.3, -0.25) is 0 Å². The molecule has 0 spiro atoms. The Morgan fingerprint density at radius 2 is 1.72 bits per heavy atom. The first kappa shape index (κ1) is 22.9. The van der Waals surface area contributed by atoms with Crippen LogP contribution in [0.1, 0.15) is 49.5 Å². The van der Waals surface area contributed by atoms with Crippen LogP contribution in [0, 0.1) is 5.92 Å². The summed E-state index contributed by atoms with van der Waals surface area (Å²) in [5.74, 6) is 0.479. The summed E-state index contributed by atoms with van der Waals surface area (Å²) < 4.78 is 6.19. The molecule has 0 aliphatic heterocycles. The molecule has 4 rings (SSSR count). The maximum absolute atomic E-state index is 10.6. The number of hydrogen-bond acceptors (Lipinski definition) is 4. The van der Waals surface area contributed by atoms with Crippen molar-refractivity contribution in [1.29, 1.82) is 0 Å². The van der Waals surface area contributed by atoms with E-state index in [0.29, 0.717) is 12.5 Å². The maximum atomic E-state index is 10.6.